The van der Waals surface area contributed by atoms with Crippen molar-refractivity contribution in [3.63, 3.8) is 0 Å². The Labute approximate surface area is 122 Å². The molecule has 0 saturated carbocycles. The number of hydrogen-bond donors (Lipinski definition) is 1. The molecule has 2 aliphatic heterocycles. The molecule has 3 amide bonds. The first-order valence-corrected chi connectivity index (χ1v) is 7.02. The van der Waals surface area contributed by atoms with E-state index in [0.29, 0.717) is 25.4 Å². The number of nitrogens with zero attached hydrogens (tertiary/aromatic N) is 1. The minimum atomic E-state index is -1.14. The molecule has 0 radical (unpaired) electrons. The van der Waals surface area contributed by atoms with Crippen LogP contribution in [0.1, 0.15) is 25.5 Å². The number of rotatable bonds is 4. The van der Waals surface area contributed by atoms with E-state index >= 15 is 0 Å². The van der Waals surface area contributed by atoms with E-state index in [0.717, 1.165) is 6.42 Å². The monoisotopic (exact) mass is 294 g/mol. The number of urea groups is 1. The van der Waals surface area contributed by atoms with Gasteiger partial charge in [0, 0.05) is 13.0 Å². The molecule has 0 bridgehead atoms. The number of carbonyl (C=O) groups is 2. The van der Waals surface area contributed by atoms with Crippen molar-refractivity contribution in [2.75, 3.05) is 19.8 Å². The summed E-state index contributed by atoms with van der Waals surface area (Å²) in [6.07, 6.45) is 2.46. The lowest BCUT2D eigenvalue weighted by Crippen LogP contribution is -2.41. The van der Waals surface area contributed by atoms with E-state index in [2.05, 4.69) is 5.32 Å². The third-order valence-corrected chi connectivity index (χ3v) is 3.77. The zero-order chi connectivity index (χ0) is 14.9. The first-order valence-electron chi connectivity index (χ1n) is 7.02. The lowest BCUT2D eigenvalue weighted by Gasteiger charge is -2.25. The van der Waals surface area contributed by atoms with Crippen molar-refractivity contribution in [2.24, 2.45) is 0 Å². The molecule has 1 atom stereocenters. The predicted octanol–water partition coefficient (Wildman–Crippen LogP) is 1.20. The summed E-state index contributed by atoms with van der Waals surface area (Å²) in [5.74, 6) is 0.103. The summed E-state index contributed by atoms with van der Waals surface area (Å²) >= 11 is 0. The van der Waals surface area contributed by atoms with Gasteiger partial charge in [0.2, 0.25) is 0 Å². The van der Waals surface area contributed by atoms with Crippen molar-refractivity contribution in [2.45, 2.75) is 31.6 Å². The van der Waals surface area contributed by atoms with E-state index in [9.17, 15) is 9.59 Å². The smallest absolute Gasteiger partial charge is 0.325 e. The first-order chi connectivity index (χ1) is 10.1. The minimum absolute atomic E-state index is 0.256. The molecule has 2 aliphatic rings. The van der Waals surface area contributed by atoms with Crippen LogP contribution in [0.3, 0.4) is 0 Å². The molecule has 1 aromatic rings. The van der Waals surface area contributed by atoms with Gasteiger partial charge < -0.3 is 19.2 Å². The van der Waals surface area contributed by atoms with Gasteiger partial charge in [0.25, 0.3) is 5.91 Å². The second-order valence-corrected chi connectivity index (χ2v) is 5.30. The van der Waals surface area contributed by atoms with Crippen LogP contribution in [0.5, 0.6) is 0 Å². The van der Waals surface area contributed by atoms with Gasteiger partial charge in [-0.3, -0.25) is 9.69 Å². The Kier molecular flexibility index (Phi) is 3.69. The third-order valence-electron chi connectivity index (χ3n) is 3.77. The Hall–Kier alpha value is -1.86. The van der Waals surface area contributed by atoms with Crippen LogP contribution in [0.25, 0.3) is 0 Å². The van der Waals surface area contributed by atoms with Crippen LogP contribution < -0.4 is 5.32 Å². The standard InChI is InChI=1S/C14H18N2O5/c1-14(10-4-2-7-19-10)12(17)16(13(18)15-14)6-5-11-20-8-3-9-21-11/h2,4,7,11H,3,5-6,8-9H2,1H3,(H,15,18). The van der Waals surface area contributed by atoms with Crippen molar-refractivity contribution in [1.82, 2.24) is 10.2 Å². The Morgan fingerprint density at radius 2 is 2.14 bits per heavy atom. The molecule has 3 heterocycles. The summed E-state index contributed by atoms with van der Waals surface area (Å²) in [4.78, 5) is 25.7. The van der Waals surface area contributed by atoms with Crippen LogP contribution in [0.4, 0.5) is 4.79 Å². The number of amides is 3. The summed E-state index contributed by atoms with van der Waals surface area (Å²) in [5, 5.41) is 2.68. The van der Waals surface area contributed by atoms with Crippen molar-refractivity contribution >= 4 is 11.9 Å². The second kappa shape index (κ2) is 5.50. The lowest BCUT2D eigenvalue weighted by atomic mass is 9.99. The molecular formula is C14H18N2O5. The fourth-order valence-electron chi connectivity index (χ4n) is 2.57. The van der Waals surface area contributed by atoms with Crippen molar-refractivity contribution in [3.8, 4) is 0 Å². The maximum Gasteiger partial charge on any atom is 0.325 e. The summed E-state index contributed by atoms with van der Waals surface area (Å²) in [7, 11) is 0. The highest BCUT2D eigenvalue weighted by Gasteiger charge is 2.50. The van der Waals surface area contributed by atoms with Gasteiger partial charge in [-0.1, -0.05) is 0 Å². The van der Waals surface area contributed by atoms with E-state index in [1.54, 1.807) is 19.1 Å². The maximum absolute atomic E-state index is 12.5. The van der Waals surface area contributed by atoms with Gasteiger partial charge in [0.1, 0.15) is 5.76 Å². The fourth-order valence-corrected chi connectivity index (χ4v) is 2.57. The lowest BCUT2D eigenvalue weighted by molar-refractivity contribution is -0.182. The molecule has 0 spiro atoms. The SMILES string of the molecule is CC1(c2ccco2)NC(=O)N(CCC2OCCCO2)C1=O. The van der Waals surface area contributed by atoms with Gasteiger partial charge in [-0.2, -0.15) is 0 Å². The Morgan fingerprint density at radius 3 is 2.81 bits per heavy atom. The quantitative estimate of drug-likeness (QED) is 0.844. The summed E-state index contributed by atoms with van der Waals surface area (Å²) in [6, 6.07) is 2.94. The van der Waals surface area contributed by atoms with E-state index in [1.807, 2.05) is 0 Å². The molecule has 2 fully saturated rings. The zero-order valence-corrected chi connectivity index (χ0v) is 11.8. The molecule has 0 aliphatic carbocycles. The molecule has 0 aromatic carbocycles. The average molecular weight is 294 g/mol. The minimum Gasteiger partial charge on any atom is -0.466 e. The Balaban J connectivity index is 1.66. The van der Waals surface area contributed by atoms with Gasteiger partial charge in [0.05, 0.1) is 19.5 Å². The first kappa shape index (κ1) is 14.1. The van der Waals surface area contributed by atoms with Crippen LogP contribution in [-0.4, -0.2) is 42.9 Å². The Morgan fingerprint density at radius 1 is 1.38 bits per heavy atom. The molecule has 1 unspecified atom stereocenters. The normalized spacial score (nSPS) is 27.2. The highest BCUT2D eigenvalue weighted by atomic mass is 16.7. The van der Waals surface area contributed by atoms with Crippen molar-refractivity contribution in [3.05, 3.63) is 24.2 Å². The molecule has 7 heteroatoms. The van der Waals surface area contributed by atoms with Crippen LogP contribution in [0.15, 0.2) is 22.8 Å². The summed E-state index contributed by atoms with van der Waals surface area (Å²) < 4.78 is 16.1. The maximum atomic E-state index is 12.5. The van der Waals surface area contributed by atoms with E-state index < -0.39 is 11.6 Å². The number of carbonyl (C=O) groups excluding carboxylic acids is 2. The van der Waals surface area contributed by atoms with Gasteiger partial charge in [-0.25, -0.2) is 4.79 Å². The molecule has 114 valence electrons. The highest BCUT2D eigenvalue weighted by molar-refractivity contribution is 6.06. The van der Waals surface area contributed by atoms with Gasteiger partial charge in [-0.05, 0) is 25.5 Å². The van der Waals surface area contributed by atoms with Gasteiger partial charge in [0.15, 0.2) is 11.8 Å². The van der Waals surface area contributed by atoms with Gasteiger partial charge >= 0.3 is 6.03 Å². The van der Waals surface area contributed by atoms with Crippen LogP contribution in [0.2, 0.25) is 0 Å². The van der Waals surface area contributed by atoms with E-state index in [1.165, 1.54) is 11.2 Å². The largest absolute Gasteiger partial charge is 0.466 e. The van der Waals surface area contributed by atoms with Crippen molar-refractivity contribution in [1.29, 1.82) is 0 Å². The molecule has 1 aromatic heterocycles. The van der Waals surface area contributed by atoms with E-state index in [-0.39, 0.29) is 18.7 Å². The number of imide groups is 1. The summed E-state index contributed by atoms with van der Waals surface area (Å²) in [5.41, 5.74) is -1.14. The van der Waals surface area contributed by atoms with Gasteiger partial charge in [-0.15, -0.1) is 0 Å². The second-order valence-electron chi connectivity index (χ2n) is 5.30. The topological polar surface area (TPSA) is 81.0 Å². The highest BCUT2D eigenvalue weighted by Crippen LogP contribution is 2.29. The van der Waals surface area contributed by atoms with Crippen LogP contribution >= 0.6 is 0 Å². The van der Waals surface area contributed by atoms with Crippen LogP contribution in [0, 0.1) is 0 Å². The molecule has 1 N–H and O–H groups in total. The third kappa shape index (κ3) is 2.54. The predicted molar refractivity (Wildman–Crippen MR) is 71.2 cm³/mol. The molecular weight excluding hydrogens is 276 g/mol. The Bertz CT molecular complexity index is 523. The average Bonchev–Trinajstić information content (AvgIpc) is 3.09. The fraction of sp³-hybridized carbons (Fsp3) is 0.571. The van der Waals surface area contributed by atoms with Crippen molar-refractivity contribution < 1.29 is 23.5 Å². The number of furan rings is 1. The number of hydrogen-bond acceptors (Lipinski definition) is 5. The molecule has 21 heavy (non-hydrogen) atoms. The van der Waals surface area contributed by atoms with Crippen LogP contribution in [-0.2, 0) is 19.8 Å². The van der Waals surface area contributed by atoms with E-state index in [4.69, 9.17) is 13.9 Å². The molecule has 7 nitrogen and oxygen atoms in total. The number of ether oxygens (including phenoxy) is 2. The molecule has 2 saturated heterocycles. The number of nitrogens with one attached hydrogen (secondary N) is 1. The zero-order valence-electron chi connectivity index (χ0n) is 11.8. The molecule has 3 rings (SSSR count). The summed E-state index contributed by atoms with van der Waals surface area (Å²) in [6.45, 7) is 3.19.